The quantitative estimate of drug-likeness (QED) is 0.668. The van der Waals surface area contributed by atoms with Crippen molar-refractivity contribution in [2.45, 2.75) is 26.7 Å². The minimum atomic E-state index is -0.193. The van der Waals surface area contributed by atoms with Crippen LogP contribution in [-0.4, -0.2) is 22.1 Å². The number of carbonyl (C=O) groups is 1. The predicted molar refractivity (Wildman–Crippen MR) is 95.5 cm³/mol. The van der Waals surface area contributed by atoms with Crippen molar-refractivity contribution in [1.82, 2.24) is 9.55 Å². The van der Waals surface area contributed by atoms with Crippen molar-refractivity contribution in [1.29, 1.82) is 5.26 Å². The first-order valence-corrected chi connectivity index (χ1v) is 8.25. The van der Waals surface area contributed by atoms with E-state index in [9.17, 15) is 4.79 Å². The summed E-state index contributed by atoms with van der Waals surface area (Å²) in [5.41, 5.74) is 5.57. The SMILES string of the molecule is CCOC(=O)CCc1cnc2cc(C)n(-c3ccc(C#N)cc3)c2c1. The van der Waals surface area contributed by atoms with Gasteiger partial charge in [-0.3, -0.25) is 9.78 Å². The summed E-state index contributed by atoms with van der Waals surface area (Å²) in [7, 11) is 0. The van der Waals surface area contributed by atoms with Crippen LogP contribution in [0.15, 0.2) is 42.6 Å². The van der Waals surface area contributed by atoms with Gasteiger partial charge in [0.1, 0.15) is 0 Å². The molecule has 25 heavy (non-hydrogen) atoms. The number of pyridine rings is 1. The molecule has 0 radical (unpaired) electrons. The van der Waals surface area contributed by atoms with Crippen molar-refractivity contribution in [3.05, 3.63) is 59.4 Å². The van der Waals surface area contributed by atoms with E-state index in [0.717, 1.165) is 28.0 Å². The van der Waals surface area contributed by atoms with Crippen LogP contribution in [-0.2, 0) is 16.0 Å². The molecule has 0 N–H and O–H groups in total. The summed E-state index contributed by atoms with van der Waals surface area (Å²) < 4.78 is 7.09. The van der Waals surface area contributed by atoms with Gasteiger partial charge in [-0.1, -0.05) is 0 Å². The van der Waals surface area contributed by atoms with Crippen LogP contribution >= 0.6 is 0 Å². The first kappa shape index (κ1) is 16.7. The number of aryl methyl sites for hydroxylation is 2. The molecule has 3 rings (SSSR count). The van der Waals surface area contributed by atoms with E-state index in [4.69, 9.17) is 10.00 Å². The van der Waals surface area contributed by atoms with Crippen molar-refractivity contribution >= 4 is 17.0 Å². The third-order valence-corrected chi connectivity index (χ3v) is 4.07. The van der Waals surface area contributed by atoms with Crippen LogP contribution < -0.4 is 0 Å². The second-order valence-electron chi connectivity index (χ2n) is 5.83. The highest BCUT2D eigenvalue weighted by atomic mass is 16.5. The number of carbonyl (C=O) groups excluding carboxylic acids is 1. The lowest BCUT2D eigenvalue weighted by molar-refractivity contribution is -0.143. The van der Waals surface area contributed by atoms with Crippen LogP contribution in [0, 0.1) is 18.3 Å². The minimum absolute atomic E-state index is 0.193. The minimum Gasteiger partial charge on any atom is -0.466 e. The molecule has 0 saturated heterocycles. The van der Waals surface area contributed by atoms with Crippen molar-refractivity contribution in [3.8, 4) is 11.8 Å². The normalized spacial score (nSPS) is 10.6. The van der Waals surface area contributed by atoms with Gasteiger partial charge in [-0.05, 0) is 62.2 Å². The fourth-order valence-electron chi connectivity index (χ4n) is 2.89. The Balaban J connectivity index is 1.95. The molecule has 3 aromatic rings. The largest absolute Gasteiger partial charge is 0.466 e. The van der Waals surface area contributed by atoms with E-state index >= 15 is 0 Å². The Morgan fingerprint density at radius 3 is 2.72 bits per heavy atom. The molecular formula is C20H19N3O2. The lowest BCUT2D eigenvalue weighted by Gasteiger charge is -2.09. The molecule has 0 fully saturated rings. The fourth-order valence-corrected chi connectivity index (χ4v) is 2.89. The average molecular weight is 333 g/mol. The predicted octanol–water partition coefficient (Wildman–Crippen LogP) is 3.70. The number of ether oxygens (including phenoxy) is 1. The first-order chi connectivity index (χ1) is 12.1. The number of hydrogen-bond acceptors (Lipinski definition) is 4. The van der Waals surface area contributed by atoms with Gasteiger partial charge in [0.15, 0.2) is 0 Å². The highest BCUT2D eigenvalue weighted by molar-refractivity contribution is 5.80. The zero-order valence-electron chi connectivity index (χ0n) is 14.3. The molecule has 0 amide bonds. The van der Waals surface area contributed by atoms with E-state index in [1.165, 1.54) is 0 Å². The average Bonchev–Trinajstić information content (AvgIpc) is 2.95. The smallest absolute Gasteiger partial charge is 0.306 e. The maximum atomic E-state index is 11.6. The molecule has 1 aromatic carbocycles. The number of aromatic nitrogens is 2. The van der Waals surface area contributed by atoms with Crippen LogP contribution in [0.1, 0.15) is 30.2 Å². The second kappa shape index (κ2) is 7.18. The van der Waals surface area contributed by atoms with Gasteiger partial charge in [0.05, 0.1) is 29.3 Å². The molecule has 5 nitrogen and oxygen atoms in total. The van der Waals surface area contributed by atoms with Gasteiger partial charge in [0.2, 0.25) is 0 Å². The second-order valence-corrected chi connectivity index (χ2v) is 5.83. The molecule has 0 saturated carbocycles. The molecule has 0 aliphatic carbocycles. The molecule has 0 aliphatic heterocycles. The van der Waals surface area contributed by atoms with Gasteiger partial charge in [-0.2, -0.15) is 5.26 Å². The Morgan fingerprint density at radius 1 is 1.28 bits per heavy atom. The maximum absolute atomic E-state index is 11.6. The van der Waals surface area contributed by atoms with Crippen molar-refractivity contribution < 1.29 is 9.53 Å². The molecule has 2 aromatic heterocycles. The maximum Gasteiger partial charge on any atom is 0.306 e. The Morgan fingerprint density at radius 2 is 2.04 bits per heavy atom. The zero-order chi connectivity index (χ0) is 17.8. The Kier molecular flexibility index (Phi) is 4.80. The van der Waals surface area contributed by atoms with Gasteiger partial charge in [-0.25, -0.2) is 0 Å². The van der Waals surface area contributed by atoms with Crippen LogP contribution in [0.2, 0.25) is 0 Å². The van der Waals surface area contributed by atoms with E-state index in [1.54, 1.807) is 19.1 Å². The van der Waals surface area contributed by atoms with E-state index in [1.807, 2.05) is 31.3 Å². The van der Waals surface area contributed by atoms with Gasteiger partial charge in [0.25, 0.3) is 0 Å². The molecule has 0 aliphatic rings. The van der Waals surface area contributed by atoms with Crippen LogP contribution in [0.4, 0.5) is 0 Å². The molecule has 2 heterocycles. The molecule has 0 bridgehead atoms. The molecule has 0 spiro atoms. The zero-order valence-corrected chi connectivity index (χ0v) is 14.3. The molecule has 126 valence electrons. The van der Waals surface area contributed by atoms with E-state index < -0.39 is 0 Å². The number of rotatable bonds is 5. The van der Waals surface area contributed by atoms with Gasteiger partial charge >= 0.3 is 5.97 Å². The lowest BCUT2D eigenvalue weighted by atomic mass is 10.1. The highest BCUT2D eigenvalue weighted by Crippen LogP contribution is 2.24. The third kappa shape index (κ3) is 3.53. The molecule has 5 heteroatoms. The number of fused-ring (bicyclic) bond motifs is 1. The number of nitrogens with zero attached hydrogens (tertiary/aromatic N) is 3. The summed E-state index contributed by atoms with van der Waals surface area (Å²) in [5, 5.41) is 8.96. The number of hydrogen-bond donors (Lipinski definition) is 0. The summed E-state index contributed by atoms with van der Waals surface area (Å²) in [4.78, 5) is 16.1. The lowest BCUT2D eigenvalue weighted by Crippen LogP contribution is -2.05. The number of benzene rings is 1. The first-order valence-electron chi connectivity index (χ1n) is 8.25. The summed E-state index contributed by atoms with van der Waals surface area (Å²) >= 11 is 0. The van der Waals surface area contributed by atoms with Crippen LogP contribution in [0.5, 0.6) is 0 Å². The van der Waals surface area contributed by atoms with E-state index in [2.05, 4.69) is 21.7 Å². The molecule has 0 unspecified atom stereocenters. The Bertz CT molecular complexity index is 949. The van der Waals surface area contributed by atoms with Crippen molar-refractivity contribution in [2.24, 2.45) is 0 Å². The topological polar surface area (TPSA) is 67.9 Å². The Hall–Kier alpha value is -3.13. The summed E-state index contributed by atoms with van der Waals surface area (Å²) in [6.07, 6.45) is 2.75. The van der Waals surface area contributed by atoms with Gasteiger partial charge in [0, 0.05) is 24.0 Å². The van der Waals surface area contributed by atoms with Gasteiger partial charge in [-0.15, -0.1) is 0 Å². The van der Waals surface area contributed by atoms with E-state index in [-0.39, 0.29) is 5.97 Å². The summed E-state index contributed by atoms with van der Waals surface area (Å²) in [6, 6.07) is 13.7. The van der Waals surface area contributed by atoms with Crippen LogP contribution in [0.25, 0.3) is 16.7 Å². The van der Waals surface area contributed by atoms with E-state index in [0.29, 0.717) is 25.0 Å². The fraction of sp³-hybridized carbons (Fsp3) is 0.250. The molecular weight excluding hydrogens is 314 g/mol. The molecule has 0 atom stereocenters. The highest BCUT2D eigenvalue weighted by Gasteiger charge is 2.11. The standard InChI is InChI=1S/C20H19N3O2/c1-3-25-20(24)9-6-16-11-19-18(22-13-16)10-14(2)23(19)17-7-4-15(12-21)5-8-17/h4-5,7-8,10-11,13H,3,6,9H2,1-2H3. The monoisotopic (exact) mass is 333 g/mol. The van der Waals surface area contributed by atoms with Crippen molar-refractivity contribution in [3.63, 3.8) is 0 Å². The summed E-state index contributed by atoms with van der Waals surface area (Å²) in [6.45, 7) is 4.23. The van der Waals surface area contributed by atoms with Gasteiger partial charge < -0.3 is 9.30 Å². The Labute approximate surface area is 146 Å². The third-order valence-electron chi connectivity index (χ3n) is 4.07. The summed E-state index contributed by atoms with van der Waals surface area (Å²) in [5.74, 6) is -0.193. The number of nitriles is 1. The number of esters is 1. The van der Waals surface area contributed by atoms with Crippen molar-refractivity contribution in [2.75, 3.05) is 6.61 Å². The van der Waals surface area contributed by atoms with Crippen LogP contribution in [0.3, 0.4) is 0 Å².